The summed E-state index contributed by atoms with van der Waals surface area (Å²) in [5, 5.41) is 15.1. The van der Waals surface area contributed by atoms with Crippen LogP contribution in [0.25, 0.3) is 0 Å². The van der Waals surface area contributed by atoms with E-state index in [0.29, 0.717) is 27.8 Å². The zero-order chi connectivity index (χ0) is 26.3. The Morgan fingerprint density at radius 3 is 2.44 bits per heavy atom. The molecular formula is C24H22Cl3N3O5S. The fourth-order valence-electron chi connectivity index (χ4n) is 3.11. The minimum Gasteiger partial charge on any atom is -0.504 e. The zero-order valence-corrected chi connectivity index (χ0v) is 22.1. The molecule has 8 nitrogen and oxygen atoms in total. The predicted octanol–water partition coefficient (Wildman–Crippen LogP) is 5.09. The van der Waals surface area contributed by atoms with Crippen molar-refractivity contribution in [1.29, 1.82) is 0 Å². The molecule has 3 rings (SSSR count). The molecule has 0 atom stereocenters. The van der Waals surface area contributed by atoms with Gasteiger partial charge in [-0.25, -0.2) is 13.8 Å². The summed E-state index contributed by atoms with van der Waals surface area (Å²) in [7, 11) is -4.12. The largest absolute Gasteiger partial charge is 0.504 e. The van der Waals surface area contributed by atoms with Crippen LogP contribution in [-0.2, 0) is 21.4 Å². The summed E-state index contributed by atoms with van der Waals surface area (Å²) < 4.78 is 33.0. The van der Waals surface area contributed by atoms with Gasteiger partial charge in [0.05, 0.1) is 24.3 Å². The fraction of sp³-hybridized carbons (Fsp3) is 0.167. The maximum Gasteiger partial charge on any atom is 0.255 e. The lowest BCUT2D eigenvalue weighted by Gasteiger charge is -2.22. The second kappa shape index (κ2) is 12.4. The van der Waals surface area contributed by atoms with E-state index >= 15 is 0 Å². The minimum absolute atomic E-state index is 0.0500. The molecule has 36 heavy (non-hydrogen) atoms. The van der Waals surface area contributed by atoms with E-state index in [2.05, 4.69) is 10.5 Å². The first kappa shape index (κ1) is 27.8. The van der Waals surface area contributed by atoms with Gasteiger partial charge in [0.15, 0.2) is 11.5 Å². The predicted molar refractivity (Wildman–Crippen MR) is 141 cm³/mol. The van der Waals surface area contributed by atoms with E-state index in [0.717, 1.165) is 4.31 Å². The highest BCUT2D eigenvalue weighted by atomic mass is 35.5. The highest BCUT2D eigenvalue weighted by molar-refractivity contribution is 7.89. The molecule has 0 fully saturated rings. The van der Waals surface area contributed by atoms with Crippen molar-refractivity contribution in [3.05, 3.63) is 86.9 Å². The van der Waals surface area contributed by atoms with Crippen molar-refractivity contribution < 1.29 is 23.1 Å². The summed E-state index contributed by atoms with van der Waals surface area (Å²) in [6.07, 6.45) is 1.23. The summed E-state index contributed by atoms with van der Waals surface area (Å²) in [4.78, 5) is 12.6. The van der Waals surface area contributed by atoms with E-state index in [1.165, 1.54) is 36.5 Å². The summed E-state index contributed by atoms with van der Waals surface area (Å²) >= 11 is 18.1. The van der Waals surface area contributed by atoms with Gasteiger partial charge in [0, 0.05) is 27.2 Å². The first-order valence-electron chi connectivity index (χ1n) is 10.6. The Kier molecular flexibility index (Phi) is 9.58. The normalized spacial score (nSPS) is 11.7. The molecule has 0 bridgehead atoms. The van der Waals surface area contributed by atoms with Crippen molar-refractivity contribution in [3.63, 3.8) is 0 Å². The van der Waals surface area contributed by atoms with Crippen LogP contribution in [0.2, 0.25) is 15.1 Å². The third kappa shape index (κ3) is 7.11. The maximum atomic E-state index is 13.3. The molecule has 0 radical (unpaired) electrons. The molecule has 3 aromatic rings. The number of phenolic OH excluding ortho intramolecular Hbond substituents is 1. The van der Waals surface area contributed by atoms with Crippen LogP contribution in [-0.4, -0.2) is 43.1 Å². The quantitative estimate of drug-likeness (QED) is 0.261. The number of aromatic hydroxyl groups is 1. The van der Waals surface area contributed by atoms with Gasteiger partial charge in [0.25, 0.3) is 5.91 Å². The van der Waals surface area contributed by atoms with Crippen LogP contribution in [0.15, 0.2) is 70.7 Å². The summed E-state index contributed by atoms with van der Waals surface area (Å²) in [6, 6.07) is 15.0. The van der Waals surface area contributed by atoms with Crippen LogP contribution in [0, 0.1) is 0 Å². The average Bonchev–Trinajstić information content (AvgIpc) is 2.83. The van der Waals surface area contributed by atoms with Gasteiger partial charge < -0.3 is 9.84 Å². The van der Waals surface area contributed by atoms with Gasteiger partial charge in [-0.15, -0.1) is 0 Å². The fourth-order valence-corrected chi connectivity index (χ4v) is 5.07. The van der Waals surface area contributed by atoms with Crippen LogP contribution < -0.4 is 10.2 Å². The average molecular weight is 571 g/mol. The highest BCUT2D eigenvalue weighted by Crippen LogP contribution is 2.29. The van der Waals surface area contributed by atoms with Crippen LogP contribution in [0.4, 0.5) is 0 Å². The number of nitrogens with one attached hydrogen (secondary N) is 1. The molecule has 3 aromatic carbocycles. The minimum atomic E-state index is -4.12. The number of sulfonamides is 1. The third-order valence-electron chi connectivity index (χ3n) is 4.86. The molecule has 12 heteroatoms. The van der Waals surface area contributed by atoms with Gasteiger partial charge >= 0.3 is 0 Å². The van der Waals surface area contributed by atoms with Crippen molar-refractivity contribution in [2.24, 2.45) is 5.10 Å². The monoisotopic (exact) mass is 569 g/mol. The smallest absolute Gasteiger partial charge is 0.255 e. The highest BCUT2D eigenvalue weighted by Gasteiger charge is 2.27. The topological polar surface area (TPSA) is 108 Å². The Bertz CT molecular complexity index is 1370. The number of phenols is 1. The van der Waals surface area contributed by atoms with E-state index in [1.807, 2.05) is 0 Å². The van der Waals surface area contributed by atoms with Crippen molar-refractivity contribution in [3.8, 4) is 11.5 Å². The molecule has 0 aliphatic carbocycles. The van der Waals surface area contributed by atoms with Crippen LogP contribution in [0.1, 0.15) is 18.1 Å². The Morgan fingerprint density at radius 1 is 1.08 bits per heavy atom. The number of carbonyl (C=O) groups is 1. The van der Waals surface area contributed by atoms with Gasteiger partial charge in [-0.3, -0.25) is 4.79 Å². The molecule has 0 aliphatic heterocycles. The Hall–Kier alpha value is -2.82. The molecule has 0 aromatic heterocycles. The number of benzene rings is 3. The number of hydrogen-bond acceptors (Lipinski definition) is 6. The standard InChI is InChI=1S/C24H22Cl3N3O5S/c1-2-35-22-5-3-4-16(24(22)32)13-28-29-23(31)15-30(14-17-6-7-19(26)12-21(17)27)36(33,34)20-10-8-18(25)9-11-20/h3-13,32H,2,14-15H2,1H3,(H,29,31)/b28-13-. The summed E-state index contributed by atoms with van der Waals surface area (Å²) in [5.74, 6) is -0.580. The van der Waals surface area contributed by atoms with E-state index in [4.69, 9.17) is 39.5 Å². The number of ether oxygens (including phenoxy) is 1. The molecule has 190 valence electrons. The molecule has 0 aliphatic rings. The Labute approximate surface area is 224 Å². The Balaban J connectivity index is 1.82. The lowest BCUT2D eigenvalue weighted by atomic mass is 10.2. The van der Waals surface area contributed by atoms with Crippen molar-refractivity contribution >= 4 is 56.9 Å². The van der Waals surface area contributed by atoms with Crippen molar-refractivity contribution in [2.75, 3.05) is 13.2 Å². The Morgan fingerprint density at radius 2 is 1.78 bits per heavy atom. The lowest BCUT2D eigenvalue weighted by molar-refractivity contribution is -0.121. The SMILES string of the molecule is CCOc1cccc(/C=N\NC(=O)CN(Cc2ccc(Cl)cc2Cl)S(=O)(=O)c2ccc(Cl)cc2)c1O. The second-order valence-electron chi connectivity index (χ2n) is 7.38. The van der Waals surface area contributed by atoms with Gasteiger partial charge in [-0.05, 0) is 61.0 Å². The van der Waals surface area contributed by atoms with Gasteiger partial charge in [0.2, 0.25) is 10.0 Å². The molecule has 1 amide bonds. The lowest BCUT2D eigenvalue weighted by Crippen LogP contribution is -2.39. The summed E-state index contributed by atoms with van der Waals surface area (Å²) in [5.41, 5.74) is 3.04. The van der Waals surface area contributed by atoms with Crippen LogP contribution in [0.3, 0.4) is 0 Å². The van der Waals surface area contributed by atoms with E-state index < -0.39 is 22.5 Å². The van der Waals surface area contributed by atoms with Gasteiger partial charge in [-0.1, -0.05) is 46.9 Å². The molecule has 0 heterocycles. The first-order chi connectivity index (χ1) is 17.1. The molecule has 0 unspecified atom stereocenters. The van der Waals surface area contributed by atoms with E-state index in [1.54, 1.807) is 37.3 Å². The second-order valence-corrected chi connectivity index (χ2v) is 10.6. The number of hydrazone groups is 1. The summed E-state index contributed by atoms with van der Waals surface area (Å²) in [6.45, 7) is 1.38. The molecule has 0 spiro atoms. The molecular weight excluding hydrogens is 549 g/mol. The molecule has 0 saturated carbocycles. The van der Waals surface area contributed by atoms with Crippen LogP contribution >= 0.6 is 34.8 Å². The number of hydrogen-bond donors (Lipinski definition) is 2. The number of nitrogens with zero attached hydrogens (tertiary/aromatic N) is 2. The molecule has 2 N–H and O–H groups in total. The number of rotatable bonds is 10. The third-order valence-corrected chi connectivity index (χ3v) is 7.50. The van der Waals surface area contributed by atoms with E-state index in [9.17, 15) is 18.3 Å². The van der Waals surface area contributed by atoms with Gasteiger partial charge in [0.1, 0.15) is 0 Å². The number of para-hydroxylation sites is 1. The number of halogens is 3. The van der Waals surface area contributed by atoms with Gasteiger partial charge in [-0.2, -0.15) is 9.41 Å². The maximum absolute atomic E-state index is 13.3. The molecule has 0 saturated heterocycles. The van der Waals surface area contributed by atoms with Crippen LogP contribution in [0.5, 0.6) is 11.5 Å². The number of carbonyl (C=O) groups excluding carboxylic acids is 1. The first-order valence-corrected chi connectivity index (χ1v) is 13.2. The number of amides is 1. The zero-order valence-electron chi connectivity index (χ0n) is 19.0. The van der Waals surface area contributed by atoms with Crippen molar-refractivity contribution in [2.45, 2.75) is 18.4 Å². The van der Waals surface area contributed by atoms with Crippen molar-refractivity contribution in [1.82, 2.24) is 9.73 Å². The van der Waals surface area contributed by atoms with E-state index in [-0.39, 0.29) is 28.0 Å².